The summed E-state index contributed by atoms with van der Waals surface area (Å²) < 4.78 is 5.62. The summed E-state index contributed by atoms with van der Waals surface area (Å²) in [6.45, 7) is 3.94. The number of fused-ring (bicyclic) bond motifs is 1. The number of rotatable bonds is 0. The molecule has 1 fully saturated rings. The molecule has 2 atom stereocenters. The van der Waals surface area contributed by atoms with E-state index < -0.39 is 0 Å². The van der Waals surface area contributed by atoms with Gasteiger partial charge in [-0.3, -0.25) is 0 Å². The molecular formula is C10H14N2O. The van der Waals surface area contributed by atoms with Crippen LogP contribution in [0.1, 0.15) is 19.8 Å². The Labute approximate surface area is 78.6 Å². The van der Waals surface area contributed by atoms with Crippen LogP contribution in [0.3, 0.4) is 0 Å². The lowest BCUT2D eigenvalue weighted by atomic mass is 9.99. The van der Waals surface area contributed by atoms with Gasteiger partial charge in [0.05, 0.1) is 6.61 Å². The third kappa shape index (κ3) is 1.54. The van der Waals surface area contributed by atoms with Gasteiger partial charge in [-0.25, -0.2) is 0 Å². The van der Waals surface area contributed by atoms with E-state index in [-0.39, 0.29) is 6.23 Å². The van der Waals surface area contributed by atoms with Crippen molar-refractivity contribution in [3.63, 3.8) is 0 Å². The fourth-order valence-electron chi connectivity index (χ4n) is 2.01. The highest BCUT2D eigenvalue weighted by Gasteiger charge is 2.29. The Morgan fingerprint density at radius 2 is 2.54 bits per heavy atom. The lowest BCUT2D eigenvalue weighted by Crippen LogP contribution is -2.44. The minimum absolute atomic E-state index is 0.156. The first kappa shape index (κ1) is 8.58. The van der Waals surface area contributed by atoms with Crippen LogP contribution >= 0.6 is 0 Å². The molecule has 2 rings (SSSR count). The lowest BCUT2D eigenvalue weighted by Gasteiger charge is -2.40. The first-order valence-electron chi connectivity index (χ1n) is 4.81. The number of hydrogen-bond donors (Lipinski definition) is 0. The molecule has 70 valence electrons. The van der Waals surface area contributed by atoms with Crippen molar-refractivity contribution in [3.05, 3.63) is 11.8 Å². The normalized spacial score (nSPS) is 33.2. The van der Waals surface area contributed by atoms with Gasteiger partial charge < -0.3 is 9.64 Å². The van der Waals surface area contributed by atoms with Crippen molar-refractivity contribution < 1.29 is 4.74 Å². The smallest absolute Gasteiger partial charge is 0.131 e. The van der Waals surface area contributed by atoms with Gasteiger partial charge in [0.1, 0.15) is 18.0 Å². The molecule has 0 bridgehead atoms. The Kier molecular flexibility index (Phi) is 2.24. The molecule has 0 aliphatic carbocycles. The topological polar surface area (TPSA) is 36.3 Å². The maximum atomic E-state index is 8.93. The minimum Gasteiger partial charge on any atom is -0.358 e. The summed E-state index contributed by atoms with van der Waals surface area (Å²) in [7, 11) is 0. The highest BCUT2D eigenvalue weighted by atomic mass is 16.5. The predicted octanol–water partition coefficient (Wildman–Crippen LogP) is 1.48. The maximum absolute atomic E-state index is 8.93. The van der Waals surface area contributed by atoms with Crippen molar-refractivity contribution >= 4 is 0 Å². The van der Waals surface area contributed by atoms with Crippen LogP contribution < -0.4 is 0 Å². The van der Waals surface area contributed by atoms with Gasteiger partial charge in [-0.2, -0.15) is 5.26 Å². The number of hydrogen-bond acceptors (Lipinski definition) is 3. The summed E-state index contributed by atoms with van der Waals surface area (Å²) in [6.07, 6.45) is 4.25. The third-order valence-corrected chi connectivity index (χ3v) is 2.64. The average molecular weight is 178 g/mol. The van der Waals surface area contributed by atoms with Gasteiger partial charge in [0.15, 0.2) is 0 Å². The van der Waals surface area contributed by atoms with Crippen molar-refractivity contribution in [1.82, 2.24) is 4.90 Å². The van der Waals surface area contributed by atoms with E-state index in [1.54, 1.807) is 0 Å². The second-order valence-corrected chi connectivity index (χ2v) is 3.75. The monoisotopic (exact) mass is 178 g/mol. The summed E-state index contributed by atoms with van der Waals surface area (Å²) in [5, 5.41) is 8.93. The molecule has 0 amide bonds. The zero-order valence-corrected chi connectivity index (χ0v) is 7.86. The molecule has 0 saturated carbocycles. The SMILES string of the molecule is CC1C=C(C#N)N2CCCOC2C1. The molecule has 0 aromatic rings. The Hall–Kier alpha value is -1.01. The summed E-state index contributed by atoms with van der Waals surface area (Å²) in [5.74, 6) is 0.467. The first-order chi connectivity index (χ1) is 6.31. The third-order valence-electron chi connectivity index (χ3n) is 2.64. The number of allylic oxidation sites excluding steroid dienone is 2. The van der Waals surface area contributed by atoms with Crippen LogP contribution in [0, 0.1) is 17.2 Å². The van der Waals surface area contributed by atoms with E-state index in [0.717, 1.165) is 31.7 Å². The van der Waals surface area contributed by atoms with Gasteiger partial charge in [0, 0.05) is 6.54 Å². The Morgan fingerprint density at radius 3 is 3.31 bits per heavy atom. The minimum atomic E-state index is 0.156. The summed E-state index contributed by atoms with van der Waals surface area (Å²) in [4.78, 5) is 2.09. The van der Waals surface area contributed by atoms with Gasteiger partial charge in [-0.15, -0.1) is 0 Å². The lowest BCUT2D eigenvalue weighted by molar-refractivity contribution is -0.0901. The average Bonchev–Trinajstić information content (AvgIpc) is 2.16. The molecule has 13 heavy (non-hydrogen) atoms. The zero-order chi connectivity index (χ0) is 9.26. The molecule has 2 aliphatic heterocycles. The molecule has 0 N–H and O–H groups in total. The first-order valence-corrected chi connectivity index (χ1v) is 4.81. The van der Waals surface area contributed by atoms with E-state index in [2.05, 4.69) is 17.9 Å². The number of ether oxygens (including phenoxy) is 1. The molecule has 0 radical (unpaired) electrons. The van der Waals surface area contributed by atoms with Crippen molar-refractivity contribution in [1.29, 1.82) is 5.26 Å². The standard InChI is InChI=1S/C10H14N2O/c1-8-5-9(7-11)12-3-2-4-13-10(12)6-8/h5,8,10H,2-4,6H2,1H3. The quantitative estimate of drug-likeness (QED) is 0.563. The van der Waals surface area contributed by atoms with Gasteiger partial charge in [0.25, 0.3) is 0 Å². The molecule has 3 nitrogen and oxygen atoms in total. The van der Waals surface area contributed by atoms with Crippen LogP contribution in [0.2, 0.25) is 0 Å². The fourth-order valence-corrected chi connectivity index (χ4v) is 2.01. The maximum Gasteiger partial charge on any atom is 0.131 e. The van der Waals surface area contributed by atoms with Crippen molar-refractivity contribution in [2.75, 3.05) is 13.2 Å². The molecule has 2 aliphatic rings. The van der Waals surface area contributed by atoms with Gasteiger partial charge in [0.2, 0.25) is 0 Å². The predicted molar refractivity (Wildman–Crippen MR) is 48.5 cm³/mol. The molecule has 0 aromatic heterocycles. The van der Waals surface area contributed by atoms with E-state index in [9.17, 15) is 0 Å². The number of nitrogens with zero attached hydrogens (tertiary/aromatic N) is 2. The molecule has 2 heterocycles. The Bertz CT molecular complexity index is 267. The van der Waals surface area contributed by atoms with Crippen LogP contribution in [-0.4, -0.2) is 24.3 Å². The van der Waals surface area contributed by atoms with Crippen LogP contribution in [0.25, 0.3) is 0 Å². The van der Waals surface area contributed by atoms with Crippen LogP contribution in [0.4, 0.5) is 0 Å². The van der Waals surface area contributed by atoms with E-state index >= 15 is 0 Å². The van der Waals surface area contributed by atoms with Crippen LogP contribution in [-0.2, 0) is 4.74 Å². The van der Waals surface area contributed by atoms with E-state index in [0.29, 0.717) is 5.92 Å². The summed E-state index contributed by atoms with van der Waals surface area (Å²) in [5.41, 5.74) is 0.795. The van der Waals surface area contributed by atoms with Crippen molar-refractivity contribution in [3.8, 4) is 6.07 Å². The molecule has 2 unspecified atom stereocenters. The van der Waals surface area contributed by atoms with Gasteiger partial charge in [-0.1, -0.05) is 6.92 Å². The molecule has 0 aromatic carbocycles. The Balaban J connectivity index is 2.21. The number of nitriles is 1. The van der Waals surface area contributed by atoms with E-state index in [4.69, 9.17) is 10.00 Å². The second-order valence-electron chi connectivity index (χ2n) is 3.75. The highest BCUT2D eigenvalue weighted by Crippen LogP contribution is 2.28. The fraction of sp³-hybridized carbons (Fsp3) is 0.700. The summed E-state index contributed by atoms with van der Waals surface area (Å²) >= 11 is 0. The van der Waals surface area contributed by atoms with Crippen LogP contribution in [0.5, 0.6) is 0 Å². The molecule has 0 spiro atoms. The zero-order valence-electron chi connectivity index (χ0n) is 7.86. The Morgan fingerprint density at radius 1 is 1.69 bits per heavy atom. The van der Waals surface area contributed by atoms with Gasteiger partial charge in [-0.05, 0) is 24.8 Å². The summed E-state index contributed by atoms with van der Waals surface area (Å²) in [6, 6.07) is 2.24. The van der Waals surface area contributed by atoms with E-state index in [1.807, 2.05) is 6.08 Å². The highest BCUT2D eigenvalue weighted by molar-refractivity contribution is 5.23. The van der Waals surface area contributed by atoms with Crippen LogP contribution in [0.15, 0.2) is 11.8 Å². The largest absolute Gasteiger partial charge is 0.358 e. The van der Waals surface area contributed by atoms with Crippen molar-refractivity contribution in [2.45, 2.75) is 26.0 Å². The molecular weight excluding hydrogens is 164 g/mol. The molecule has 3 heteroatoms. The van der Waals surface area contributed by atoms with Crippen molar-refractivity contribution in [2.24, 2.45) is 5.92 Å². The molecule has 1 saturated heterocycles. The van der Waals surface area contributed by atoms with E-state index in [1.165, 1.54) is 0 Å². The van der Waals surface area contributed by atoms with Gasteiger partial charge >= 0.3 is 0 Å². The second kappa shape index (κ2) is 3.39.